The van der Waals surface area contributed by atoms with Gasteiger partial charge in [-0.05, 0) is 83.5 Å². The number of unbranched alkanes of at least 4 members (excludes halogenated alkanes) is 20. The molecule has 0 saturated carbocycles. The molecule has 0 radical (unpaired) electrons. The van der Waals surface area contributed by atoms with E-state index in [0.29, 0.717) is 23.9 Å². The SMILES string of the molecule is CCCCC/C=C/C/C=C/C/C=C/C/C=C/CCCC(=O)OC[C@H](COP(=O)(O)OCC[N+](C)(C)C)OC(=O)CCC/C=C/CC/C=C/CCCCCCCCCCCCCCCC. The van der Waals surface area contributed by atoms with Gasteiger partial charge < -0.3 is 18.9 Å². The predicted molar refractivity (Wildman–Crippen MR) is 270 cm³/mol. The van der Waals surface area contributed by atoms with Crippen molar-refractivity contribution in [1.29, 1.82) is 0 Å². The minimum atomic E-state index is -4.41. The van der Waals surface area contributed by atoms with Crippen LogP contribution in [-0.2, 0) is 32.7 Å². The van der Waals surface area contributed by atoms with Gasteiger partial charge in [0.05, 0.1) is 27.7 Å². The van der Waals surface area contributed by atoms with E-state index in [4.69, 9.17) is 18.5 Å². The van der Waals surface area contributed by atoms with E-state index in [1.54, 1.807) is 0 Å². The Morgan fingerprint density at radius 1 is 0.484 bits per heavy atom. The first-order valence-corrected chi connectivity index (χ1v) is 27.2. The minimum absolute atomic E-state index is 0.0134. The maximum Gasteiger partial charge on any atom is 0.472 e. The highest BCUT2D eigenvalue weighted by Crippen LogP contribution is 2.43. The summed E-state index contributed by atoms with van der Waals surface area (Å²) in [7, 11) is 1.42. The molecule has 1 unspecified atom stereocenters. The second kappa shape index (κ2) is 45.6. The van der Waals surface area contributed by atoms with Gasteiger partial charge in [-0.25, -0.2) is 4.57 Å². The third kappa shape index (κ3) is 48.9. The Morgan fingerprint density at radius 3 is 1.34 bits per heavy atom. The van der Waals surface area contributed by atoms with E-state index < -0.39 is 32.5 Å². The van der Waals surface area contributed by atoms with E-state index >= 15 is 0 Å². The standard InChI is InChI=1S/C54H96NO8P/c1-6-8-10-12-14-16-18-20-22-24-25-26-27-28-29-31-33-35-37-39-41-43-45-47-54(57)63-52(51-62-64(58,59)61-49-48-55(3,4)5)50-60-53(56)46-44-42-40-38-36-34-32-30-23-21-19-17-15-13-11-9-7-2/h15,17,21,23,31-34,38-41,52H,6-14,16,18-20,22,24-30,35-37,42-51H2,1-5H3/p+1/b17-15+,23-21+,33-31+,34-32+,40-38+,41-39+/t52-/m1/s1. The first-order chi connectivity index (χ1) is 31.0. The number of hydrogen-bond acceptors (Lipinski definition) is 7. The average Bonchev–Trinajstić information content (AvgIpc) is 3.25. The number of ether oxygens (including phenoxy) is 2. The fourth-order valence-electron chi connectivity index (χ4n) is 6.67. The number of carbonyl (C=O) groups is 2. The highest BCUT2D eigenvalue weighted by Gasteiger charge is 2.27. The van der Waals surface area contributed by atoms with Crippen LogP contribution in [0.2, 0.25) is 0 Å². The molecule has 370 valence electrons. The Morgan fingerprint density at radius 2 is 0.859 bits per heavy atom. The second-order valence-electron chi connectivity index (χ2n) is 18.2. The maximum atomic E-state index is 12.7. The molecule has 0 amide bonds. The van der Waals surface area contributed by atoms with Gasteiger partial charge in [-0.15, -0.1) is 0 Å². The number of allylic oxidation sites excluding steroid dienone is 12. The van der Waals surface area contributed by atoms with Gasteiger partial charge in [0.15, 0.2) is 6.10 Å². The summed E-state index contributed by atoms with van der Waals surface area (Å²) in [4.78, 5) is 35.5. The lowest BCUT2D eigenvalue weighted by Crippen LogP contribution is -2.37. The van der Waals surface area contributed by atoms with Crippen molar-refractivity contribution < 1.29 is 42.1 Å². The van der Waals surface area contributed by atoms with Gasteiger partial charge in [0.2, 0.25) is 0 Å². The average molecular weight is 919 g/mol. The summed E-state index contributed by atoms with van der Waals surface area (Å²) in [6.07, 6.45) is 58.4. The van der Waals surface area contributed by atoms with Gasteiger partial charge in [-0.2, -0.15) is 0 Å². The molecule has 0 spiro atoms. The Bertz CT molecular complexity index is 1310. The third-order valence-electron chi connectivity index (χ3n) is 10.7. The summed E-state index contributed by atoms with van der Waals surface area (Å²) in [5.74, 6) is -0.915. The van der Waals surface area contributed by atoms with E-state index in [1.807, 2.05) is 21.1 Å². The summed E-state index contributed by atoms with van der Waals surface area (Å²) < 4.78 is 34.3. The van der Waals surface area contributed by atoms with Crippen LogP contribution in [0, 0.1) is 0 Å². The number of nitrogens with zero attached hydrogens (tertiary/aromatic N) is 1. The van der Waals surface area contributed by atoms with Crippen LogP contribution in [0.5, 0.6) is 0 Å². The molecule has 0 bridgehead atoms. The molecule has 0 saturated heterocycles. The molecule has 1 N–H and O–H groups in total. The monoisotopic (exact) mass is 919 g/mol. The van der Waals surface area contributed by atoms with Crippen LogP contribution >= 0.6 is 7.82 Å². The van der Waals surface area contributed by atoms with Gasteiger partial charge in [-0.1, -0.05) is 183 Å². The largest absolute Gasteiger partial charge is 0.472 e. The zero-order valence-electron chi connectivity index (χ0n) is 41.7. The van der Waals surface area contributed by atoms with Crippen LogP contribution in [0.15, 0.2) is 72.9 Å². The van der Waals surface area contributed by atoms with E-state index in [1.165, 1.54) is 116 Å². The van der Waals surface area contributed by atoms with Gasteiger partial charge in [0, 0.05) is 12.8 Å². The van der Waals surface area contributed by atoms with Crippen LogP contribution < -0.4 is 0 Å². The van der Waals surface area contributed by atoms with Crippen LogP contribution in [0.1, 0.15) is 206 Å². The number of phosphoric ester groups is 1. The zero-order chi connectivity index (χ0) is 47.1. The molecule has 0 aromatic heterocycles. The molecule has 0 aliphatic rings. The number of phosphoric acid groups is 1. The molecule has 0 fully saturated rings. The lowest BCUT2D eigenvalue weighted by atomic mass is 10.0. The molecule has 0 aliphatic carbocycles. The van der Waals surface area contributed by atoms with Gasteiger partial charge in [-0.3, -0.25) is 18.6 Å². The number of hydrogen-bond donors (Lipinski definition) is 1. The second-order valence-corrected chi connectivity index (χ2v) is 19.6. The highest BCUT2D eigenvalue weighted by molar-refractivity contribution is 7.47. The molecule has 0 aromatic rings. The fraction of sp³-hybridized carbons (Fsp3) is 0.741. The molecule has 0 rings (SSSR count). The summed E-state index contributed by atoms with van der Waals surface area (Å²) in [6, 6.07) is 0. The number of esters is 2. The number of rotatable bonds is 46. The molecule has 0 heterocycles. The number of likely N-dealkylation sites (N-methyl/N-ethyl adjacent to an activating group) is 1. The normalized spacial score (nSPS) is 14.0. The molecular formula is C54H97NO8P+. The molecule has 64 heavy (non-hydrogen) atoms. The van der Waals surface area contributed by atoms with Crippen molar-refractivity contribution in [3.63, 3.8) is 0 Å². The molecule has 2 atom stereocenters. The summed E-state index contributed by atoms with van der Waals surface area (Å²) >= 11 is 0. The van der Waals surface area contributed by atoms with Crippen LogP contribution in [-0.4, -0.2) is 74.9 Å². The van der Waals surface area contributed by atoms with Crippen molar-refractivity contribution in [2.24, 2.45) is 0 Å². The summed E-state index contributed by atoms with van der Waals surface area (Å²) in [6.45, 7) is 4.30. The van der Waals surface area contributed by atoms with Crippen molar-refractivity contribution >= 4 is 19.8 Å². The quantitative estimate of drug-likeness (QED) is 0.0211. The van der Waals surface area contributed by atoms with Crippen molar-refractivity contribution in [1.82, 2.24) is 0 Å². The lowest BCUT2D eigenvalue weighted by molar-refractivity contribution is -0.870. The fourth-order valence-corrected chi connectivity index (χ4v) is 7.42. The van der Waals surface area contributed by atoms with Crippen molar-refractivity contribution in [3.05, 3.63) is 72.9 Å². The first-order valence-electron chi connectivity index (χ1n) is 25.7. The Labute approximate surface area is 393 Å². The smallest absolute Gasteiger partial charge is 0.462 e. The Kier molecular flexibility index (Phi) is 43.8. The topological polar surface area (TPSA) is 108 Å². The number of quaternary nitrogens is 1. The van der Waals surface area contributed by atoms with Crippen LogP contribution in [0.3, 0.4) is 0 Å². The molecule has 10 heteroatoms. The molecule has 9 nitrogen and oxygen atoms in total. The summed E-state index contributed by atoms with van der Waals surface area (Å²) in [5.41, 5.74) is 0. The van der Waals surface area contributed by atoms with Crippen molar-refractivity contribution in [3.8, 4) is 0 Å². The van der Waals surface area contributed by atoms with Crippen LogP contribution in [0.4, 0.5) is 0 Å². The summed E-state index contributed by atoms with van der Waals surface area (Å²) in [5, 5.41) is 0. The minimum Gasteiger partial charge on any atom is -0.462 e. The molecule has 0 aromatic carbocycles. The lowest BCUT2D eigenvalue weighted by Gasteiger charge is -2.24. The first kappa shape index (κ1) is 61.5. The third-order valence-corrected chi connectivity index (χ3v) is 11.7. The van der Waals surface area contributed by atoms with E-state index in [9.17, 15) is 19.0 Å². The maximum absolute atomic E-state index is 12.7. The van der Waals surface area contributed by atoms with Crippen molar-refractivity contribution in [2.45, 2.75) is 213 Å². The van der Waals surface area contributed by atoms with Crippen molar-refractivity contribution in [2.75, 3.05) is 47.5 Å². The predicted octanol–water partition coefficient (Wildman–Crippen LogP) is 15.4. The van der Waals surface area contributed by atoms with Gasteiger partial charge >= 0.3 is 19.8 Å². The highest BCUT2D eigenvalue weighted by atomic mass is 31.2. The van der Waals surface area contributed by atoms with Gasteiger partial charge in [0.25, 0.3) is 0 Å². The van der Waals surface area contributed by atoms with E-state index in [2.05, 4.69) is 86.8 Å². The van der Waals surface area contributed by atoms with Gasteiger partial charge in [0.1, 0.15) is 19.8 Å². The van der Waals surface area contributed by atoms with E-state index in [0.717, 1.165) is 51.4 Å². The molecule has 0 aliphatic heterocycles. The Hall–Kier alpha value is -2.55. The number of carbonyl (C=O) groups excluding carboxylic acids is 2. The zero-order valence-corrected chi connectivity index (χ0v) is 42.6. The van der Waals surface area contributed by atoms with E-state index in [-0.39, 0.29) is 26.1 Å². The molecular weight excluding hydrogens is 822 g/mol. The van der Waals surface area contributed by atoms with Crippen LogP contribution in [0.25, 0.3) is 0 Å². The Balaban J connectivity index is 4.38.